The SMILES string of the molecule is C=CCNC(=NCCn1cnnc1CC)N(C)Cc1ccccc1Br. The number of hydrogen-bond acceptors (Lipinski definition) is 3. The zero-order valence-electron chi connectivity index (χ0n) is 14.8. The van der Waals surface area contributed by atoms with Gasteiger partial charge in [-0.05, 0) is 11.6 Å². The third kappa shape index (κ3) is 5.70. The standard InChI is InChI=1S/C18H25BrN6/c1-4-10-20-18(21-11-12-25-14-22-23-17(25)5-2)24(3)13-15-8-6-7-9-16(15)19/h4,6-9,14H,1,5,10-13H2,2-3H3,(H,20,21). The normalized spacial score (nSPS) is 11.4. The molecular formula is C18H25BrN6. The van der Waals surface area contributed by atoms with Crippen LogP contribution in [-0.2, 0) is 19.5 Å². The number of aliphatic imine (C=N–C) groups is 1. The molecule has 0 aliphatic rings. The Morgan fingerprint density at radius 1 is 1.44 bits per heavy atom. The molecule has 1 aromatic heterocycles. The van der Waals surface area contributed by atoms with Crippen LogP contribution in [0.15, 0.2) is 52.7 Å². The minimum absolute atomic E-state index is 0.658. The van der Waals surface area contributed by atoms with Crippen molar-refractivity contribution in [1.29, 1.82) is 0 Å². The summed E-state index contributed by atoms with van der Waals surface area (Å²) < 4.78 is 3.14. The fourth-order valence-electron chi connectivity index (χ4n) is 2.44. The quantitative estimate of drug-likeness (QED) is 0.417. The molecular weight excluding hydrogens is 380 g/mol. The van der Waals surface area contributed by atoms with Crippen LogP contribution in [0.5, 0.6) is 0 Å². The van der Waals surface area contributed by atoms with Crippen molar-refractivity contribution in [2.24, 2.45) is 4.99 Å². The van der Waals surface area contributed by atoms with Crippen LogP contribution in [0.25, 0.3) is 0 Å². The maximum Gasteiger partial charge on any atom is 0.194 e. The van der Waals surface area contributed by atoms with Gasteiger partial charge in [-0.1, -0.05) is 47.1 Å². The lowest BCUT2D eigenvalue weighted by Crippen LogP contribution is -2.39. The number of halogens is 1. The molecule has 2 aromatic rings. The first-order chi connectivity index (χ1) is 12.2. The molecule has 1 heterocycles. The van der Waals surface area contributed by atoms with Gasteiger partial charge < -0.3 is 14.8 Å². The molecule has 1 N–H and O–H groups in total. The maximum absolute atomic E-state index is 4.73. The van der Waals surface area contributed by atoms with E-state index in [1.165, 1.54) is 5.56 Å². The molecule has 6 nitrogen and oxygen atoms in total. The van der Waals surface area contributed by atoms with E-state index in [1.54, 1.807) is 6.33 Å². The van der Waals surface area contributed by atoms with Crippen LogP contribution >= 0.6 is 15.9 Å². The minimum atomic E-state index is 0.658. The van der Waals surface area contributed by atoms with Crippen LogP contribution in [0.2, 0.25) is 0 Å². The highest BCUT2D eigenvalue weighted by Crippen LogP contribution is 2.17. The second-order valence-corrected chi connectivity index (χ2v) is 6.47. The van der Waals surface area contributed by atoms with Crippen molar-refractivity contribution in [2.75, 3.05) is 20.1 Å². The third-order valence-electron chi connectivity index (χ3n) is 3.75. The van der Waals surface area contributed by atoms with E-state index in [0.717, 1.165) is 35.8 Å². The lowest BCUT2D eigenvalue weighted by atomic mass is 10.2. The van der Waals surface area contributed by atoms with Crippen molar-refractivity contribution < 1.29 is 0 Å². The molecule has 0 bridgehead atoms. The molecule has 0 unspecified atom stereocenters. The Morgan fingerprint density at radius 2 is 2.24 bits per heavy atom. The summed E-state index contributed by atoms with van der Waals surface area (Å²) in [5.41, 5.74) is 1.21. The summed E-state index contributed by atoms with van der Waals surface area (Å²) >= 11 is 3.60. The van der Waals surface area contributed by atoms with E-state index in [0.29, 0.717) is 13.1 Å². The minimum Gasteiger partial charge on any atom is -0.353 e. The van der Waals surface area contributed by atoms with Gasteiger partial charge in [0, 0.05) is 37.6 Å². The summed E-state index contributed by atoms with van der Waals surface area (Å²) in [5, 5.41) is 11.4. The molecule has 0 saturated heterocycles. The summed E-state index contributed by atoms with van der Waals surface area (Å²) in [5.74, 6) is 1.83. The van der Waals surface area contributed by atoms with Gasteiger partial charge in [0.05, 0.1) is 6.54 Å². The smallest absolute Gasteiger partial charge is 0.194 e. The molecule has 0 fully saturated rings. The fourth-order valence-corrected chi connectivity index (χ4v) is 2.85. The van der Waals surface area contributed by atoms with E-state index in [9.17, 15) is 0 Å². The second kappa shape index (κ2) is 9.98. The predicted molar refractivity (Wildman–Crippen MR) is 106 cm³/mol. The van der Waals surface area contributed by atoms with Gasteiger partial charge in [-0.25, -0.2) is 0 Å². The van der Waals surface area contributed by atoms with Crippen molar-refractivity contribution in [3.8, 4) is 0 Å². The zero-order chi connectivity index (χ0) is 18.1. The summed E-state index contributed by atoms with van der Waals surface area (Å²) in [6.07, 6.45) is 4.46. The number of benzene rings is 1. The van der Waals surface area contributed by atoms with Gasteiger partial charge in [-0.2, -0.15) is 0 Å². The van der Waals surface area contributed by atoms with Crippen molar-refractivity contribution in [2.45, 2.75) is 26.4 Å². The van der Waals surface area contributed by atoms with Crippen LogP contribution in [0.4, 0.5) is 0 Å². The highest BCUT2D eigenvalue weighted by Gasteiger charge is 2.09. The number of hydrogen-bond donors (Lipinski definition) is 1. The van der Waals surface area contributed by atoms with Crippen LogP contribution in [0.1, 0.15) is 18.3 Å². The van der Waals surface area contributed by atoms with Crippen LogP contribution in [0, 0.1) is 0 Å². The molecule has 1 aromatic carbocycles. The van der Waals surface area contributed by atoms with Crippen LogP contribution < -0.4 is 5.32 Å². The number of guanidine groups is 1. The number of nitrogens with zero attached hydrogens (tertiary/aromatic N) is 5. The summed E-state index contributed by atoms with van der Waals surface area (Å²) in [7, 11) is 2.03. The molecule has 0 amide bonds. The molecule has 0 spiro atoms. The molecule has 2 rings (SSSR count). The fraction of sp³-hybridized carbons (Fsp3) is 0.389. The zero-order valence-corrected chi connectivity index (χ0v) is 16.4. The molecule has 25 heavy (non-hydrogen) atoms. The Hall–Kier alpha value is -2.15. The van der Waals surface area contributed by atoms with Gasteiger partial charge in [-0.15, -0.1) is 16.8 Å². The van der Waals surface area contributed by atoms with E-state index in [2.05, 4.69) is 62.0 Å². The Kier molecular flexibility index (Phi) is 7.66. The number of aryl methyl sites for hydroxylation is 1. The molecule has 7 heteroatoms. The van der Waals surface area contributed by atoms with Crippen LogP contribution in [0.3, 0.4) is 0 Å². The van der Waals surface area contributed by atoms with Crippen molar-refractivity contribution in [1.82, 2.24) is 25.0 Å². The van der Waals surface area contributed by atoms with Gasteiger partial charge in [-0.3, -0.25) is 4.99 Å². The van der Waals surface area contributed by atoms with Gasteiger partial charge >= 0.3 is 0 Å². The molecule has 0 aliphatic carbocycles. The summed E-state index contributed by atoms with van der Waals surface area (Å²) in [4.78, 5) is 6.84. The molecule has 0 radical (unpaired) electrons. The molecule has 0 saturated carbocycles. The second-order valence-electron chi connectivity index (χ2n) is 5.62. The highest BCUT2D eigenvalue weighted by atomic mass is 79.9. The number of aromatic nitrogens is 3. The monoisotopic (exact) mass is 404 g/mol. The predicted octanol–water partition coefficient (Wildman–Crippen LogP) is 2.87. The average molecular weight is 405 g/mol. The Morgan fingerprint density at radius 3 is 2.96 bits per heavy atom. The molecule has 134 valence electrons. The first-order valence-electron chi connectivity index (χ1n) is 8.36. The summed E-state index contributed by atoms with van der Waals surface area (Å²) in [6.45, 7) is 8.70. The molecule has 0 aliphatic heterocycles. The first kappa shape index (κ1) is 19.2. The van der Waals surface area contributed by atoms with Crippen LogP contribution in [-0.4, -0.2) is 45.8 Å². The first-order valence-corrected chi connectivity index (χ1v) is 9.15. The largest absolute Gasteiger partial charge is 0.353 e. The van der Waals surface area contributed by atoms with E-state index < -0.39 is 0 Å². The lowest BCUT2D eigenvalue weighted by Gasteiger charge is -2.23. The number of nitrogens with one attached hydrogen (secondary N) is 1. The summed E-state index contributed by atoms with van der Waals surface area (Å²) in [6, 6.07) is 8.22. The van der Waals surface area contributed by atoms with E-state index in [4.69, 9.17) is 4.99 Å². The van der Waals surface area contributed by atoms with Gasteiger partial charge in [0.25, 0.3) is 0 Å². The molecule has 0 atom stereocenters. The average Bonchev–Trinajstić information content (AvgIpc) is 3.07. The topological polar surface area (TPSA) is 58.3 Å². The van der Waals surface area contributed by atoms with Gasteiger partial charge in [0.1, 0.15) is 12.2 Å². The Bertz CT molecular complexity index is 709. The Labute approximate surface area is 157 Å². The van der Waals surface area contributed by atoms with Crippen molar-refractivity contribution in [3.63, 3.8) is 0 Å². The van der Waals surface area contributed by atoms with Gasteiger partial charge in [0.15, 0.2) is 5.96 Å². The maximum atomic E-state index is 4.73. The van der Waals surface area contributed by atoms with E-state index >= 15 is 0 Å². The highest BCUT2D eigenvalue weighted by molar-refractivity contribution is 9.10. The lowest BCUT2D eigenvalue weighted by molar-refractivity contribution is 0.476. The number of rotatable bonds is 8. The van der Waals surface area contributed by atoms with Gasteiger partial charge in [0.2, 0.25) is 0 Å². The van der Waals surface area contributed by atoms with E-state index in [-0.39, 0.29) is 0 Å². The van der Waals surface area contributed by atoms with Crippen molar-refractivity contribution in [3.05, 3.63) is 59.1 Å². The van der Waals surface area contributed by atoms with E-state index in [1.807, 2.05) is 29.8 Å². The third-order valence-corrected chi connectivity index (χ3v) is 4.52. The van der Waals surface area contributed by atoms with Crippen molar-refractivity contribution >= 4 is 21.9 Å². The Balaban J connectivity index is 2.03.